The van der Waals surface area contributed by atoms with Gasteiger partial charge in [-0.2, -0.15) is 0 Å². The van der Waals surface area contributed by atoms with Gasteiger partial charge >= 0.3 is 0 Å². The Labute approximate surface area is 206 Å². The number of halogens is 3. The van der Waals surface area contributed by atoms with Gasteiger partial charge in [-0.05, 0) is 35.9 Å². The number of hydrogen-bond acceptors (Lipinski definition) is 5. The van der Waals surface area contributed by atoms with Gasteiger partial charge in [-0.1, -0.05) is 60.5 Å². The largest absolute Gasteiger partial charge is 0.400 e. The van der Waals surface area contributed by atoms with E-state index in [4.69, 9.17) is 10.8 Å². The predicted octanol–water partition coefficient (Wildman–Crippen LogP) is 5.65. The summed E-state index contributed by atoms with van der Waals surface area (Å²) in [6.45, 7) is 0.0630. The molecule has 0 spiro atoms. The van der Waals surface area contributed by atoms with Crippen molar-refractivity contribution in [2.75, 3.05) is 12.8 Å². The zero-order chi connectivity index (χ0) is 24.9. The standard InChI is InChI=1S/C18H13BrF2N4O.C6H12.CH4O/c19-12-5-10(6-13(20)8-12)9-25-18(26)14-2-1-11(7-15(14)21)16-17(22)24-4-3-23-16;1-2-4-6-5-3-1;1-2/h1-8H,9H2,(H2,22,24)(H,25,26);1-6H2;2H,1H3. The first-order valence-electron chi connectivity index (χ1n) is 11.0. The fourth-order valence-corrected chi connectivity index (χ4v) is 3.98. The number of carbonyl (C=O) groups is 1. The molecule has 9 heteroatoms. The zero-order valence-electron chi connectivity index (χ0n) is 19.0. The van der Waals surface area contributed by atoms with Crippen LogP contribution in [0.1, 0.15) is 54.4 Å². The summed E-state index contributed by atoms with van der Waals surface area (Å²) in [5.74, 6) is -1.59. The Morgan fingerprint density at radius 3 is 2.18 bits per heavy atom. The lowest BCUT2D eigenvalue weighted by atomic mass is 10.0. The van der Waals surface area contributed by atoms with Crippen LogP contribution in [0.25, 0.3) is 11.3 Å². The van der Waals surface area contributed by atoms with Crippen LogP contribution in [0.15, 0.2) is 53.3 Å². The molecule has 0 atom stereocenters. The summed E-state index contributed by atoms with van der Waals surface area (Å²) in [7, 11) is 1.00. The van der Waals surface area contributed by atoms with Crippen molar-refractivity contribution in [1.82, 2.24) is 15.3 Å². The summed E-state index contributed by atoms with van der Waals surface area (Å²) in [5.41, 5.74) is 6.90. The number of amides is 1. The highest BCUT2D eigenvalue weighted by Crippen LogP contribution is 2.23. The van der Waals surface area contributed by atoms with Crippen molar-refractivity contribution in [1.29, 1.82) is 0 Å². The van der Waals surface area contributed by atoms with E-state index in [1.807, 2.05) is 0 Å². The van der Waals surface area contributed by atoms with Gasteiger partial charge < -0.3 is 16.2 Å². The van der Waals surface area contributed by atoms with Crippen LogP contribution in [0.3, 0.4) is 0 Å². The van der Waals surface area contributed by atoms with Crippen molar-refractivity contribution >= 4 is 27.7 Å². The Hall–Kier alpha value is -2.91. The maximum absolute atomic E-state index is 14.4. The van der Waals surface area contributed by atoms with E-state index >= 15 is 0 Å². The van der Waals surface area contributed by atoms with E-state index in [2.05, 4.69) is 31.2 Å². The molecule has 3 aromatic rings. The number of nitrogens with two attached hydrogens (primary N) is 1. The molecule has 2 aromatic carbocycles. The first-order valence-corrected chi connectivity index (χ1v) is 11.8. The SMILES string of the molecule is C1CCCCC1.CO.Nc1nccnc1-c1ccc(C(=O)NCc2cc(F)cc(Br)c2)c(F)c1. The van der Waals surface area contributed by atoms with Crippen LogP contribution in [-0.2, 0) is 6.54 Å². The number of rotatable bonds is 4. The van der Waals surface area contributed by atoms with E-state index in [0.717, 1.165) is 7.11 Å². The minimum Gasteiger partial charge on any atom is -0.400 e. The normalized spacial score (nSPS) is 12.5. The quantitative estimate of drug-likeness (QED) is 0.401. The van der Waals surface area contributed by atoms with E-state index < -0.39 is 17.5 Å². The van der Waals surface area contributed by atoms with Crippen LogP contribution < -0.4 is 11.1 Å². The third-order valence-electron chi connectivity index (χ3n) is 5.09. The molecular weight excluding hydrogens is 506 g/mol. The van der Waals surface area contributed by atoms with Crippen LogP contribution in [0.5, 0.6) is 0 Å². The number of benzene rings is 2. The lowest BCUT2D eigenvalue weighted by Gasteiger charge is -2.09. The predicted molar refractivity (Wildman–Crippen MR) is 133 cm³/mol. The lowest BCUT2D eigenvalue weighted by Crippen LogP contribution is -2.24. The fourth-order valence-electron chi connectivity index (χ4n) is 3.47. The second-order valence-electron chi connectivity index (χ2n) is 7.57. The third kappa shape index (κ3) is 8.46. The van der Waals surface area contributed by atoms with Crippen molar-refractivity contribution in [3.05, 3.63) is 76.0 Å². The summed E-state index contributed by atoms with van der Waals surface area (Å²) in [4.78, 5) is 20.2. The molecule has 4 rings (SSSR count). The molecule has 0 unspecified atom stereocenters. The minimum absolute atomic E-state index is 0.0630. The molecule has 0 radical (unpaired) electrons. The van der Waals surface area contributed by atoms with E-state index in [1.165, 1.54) is 81.3 Å². The molecule has 1 saturated carbocycles. The molecule has 1 heterocycles. The van der Waals surface area contributed by atoms with Crippen molar-refractivity contribution < 1.29 is 18.7 Å². The molecule has 1 fully saturated rings. The van der Waals surface area contributed by atoms with Gasteiger partial charge in [-0.25, -0.2) is 13.8 Å². The number of nitrogens with one attached hydrogen (secondary N) is 1. The van der Waals surface area contributed by atoms with Crippen LogP contribution in [0.2, 0.25) is 0 Å². The number of carbonyl (C=O) groups excluding carboxylic acids is 1. The Morgan fingerprint density at radius 1 is 1.00 bits per heavy atom. The molecule has 0 saturated heterocycles. The van der Waals surface area contributed by atoms with E-state index in [0.29, 0.717) is 21.3 Å². The number of nitrogens with zero attached hydrogens (tertiary/aromatic N) is 2. The lowest BCUT2D eigenvalue weighted by molar-refractivity contribution is 0.0947. The molecular formula is C25H29BrF2N4O2. The average Bonchev–Trinajstić information content (AvgIpc) is 2.85. The highest BCUT2D eigenvalue weighted by Gasteiger charge is 2.14. The van der Waals surface area contributed by atoms with Crippen molar-refractivity contribution in [3.8, 4) is 11.3 Å². The second kappa shape index (κ2) is 14.4. The van der Waals surface area contributed by atoms with Gasteiger partial charge in [-0.3, -0.25) is 9.78 Å². The van der Waals surface area contributed by atoms with Crippen LogP contribution in [0.4, 0.5) is 14.6 Å². The van der Waals surface area contributed by atoms with Crippen molar-refractivity contribution in [2.45, 2.75) is 45.1 Å². The van der Waals surface area contributed by atoms with Gasteiger partial charge in [0.15, 0.2) is 0 Å². The van der Waals surface area contributed by atoms with Gasteiger partial charge in [0.05, 0.1) is 5.56 Å². The number of aliphatic hydroxyl groups excluding tert-OH is 1. The first-order chi connectivity index (χ1) is 16.4. The Kier molecular flexibility index (Phi) is 11.6. The molecule has 182 valence electrons. The number of aliphatic hydroxyl groups is 1. The fraction of sp³-hybridized carbons (Fsp3) is 0.320. The van der Waals surface area contributed by atoms with Gasteiger partial charge in [0, 0.05) is 36.1 Å². The Morgan fingerprint density at radius 2 is 1.62 bits per heavy atom. The molecule has 34 heavy (non-hydrogen) atoms. The molecule has 1 aliphatic rings. The van der Waals surface area contributed by atoms with Gasteiger partial charge in [0.2, 0.25) is 0 Å². The summed E-state index contributed by atoms with van der Waals surface area (Å²) < 4.78 is 28.3. The molecule has 1 aliphatic carbocycles. The first kappa shape index (κ1) is 27.3. The third-order valence-corrected chi connectivity index (χ3v) is 5.55. The molecule has 1 aromatic heterocycles. The molecule has 0 aliphatic heterocycles. The highest BCUT2D eigenvalue weighted by atomic mass is 79.9. The van der Waals surface area contributed by atoms with Crippen molar-refractivity contribution in [2.24, 2.45) is 0 Å². The van der Waals surface area contributed by atoms with Gasteiger partial charge in [0.1, 0.15) is 23.1 Å². The van der Waals surface area contributed by atoms with Crippen molar-refractivity contribution in [3.63, 3.8) is 0 Å². The zero-order valence-corrected chi connectivity index (χ0v) is 20.6. The van der Waals surface area contributed by atoms with Crippen LogP contribution in [-0.4, -0.2) is 28.1 Å². The molecule has 6 nitrogen and oxygen atoms in total. The summed E-state index contributed by atoms with van der Waals surface area (Å²) >= 11 is 3.18. The smallest absolute Gasteiger partial charge is 0.254 e. The monoisotopic (exact) mass is 534 g/mol. The number of nitrogen functional groups attached to an aromatic ring is 1. The van der Waals surface area contributed by atoms with Gasteiger partial charge in [0.25, 0.3) is 5.91 Å². The number of hydrogen-bond donors (Lipinski definition) is 3. The van der Waals surface area contributed by atoms with E-state index in [1.54, 1.807) is 6.07 Å². The molecule has 1 amide bonds. The molecule has 4 N–H and O–H groups in total. The number of anilines is 1. The summed E-state index contributed by atoms with van der Waals surface area (Å²) in [6.07, 6.45) is 11.9. The maximum atomic E-state index is 14.4. The highest BCUT2D eigenvalue weighted by molar-refractivity contribution is 9.10. The second-order valence-corrected chi connectivity index (χ2v) is 8.48. The summed E-state index contributed by atoms with van der Waals surface area (Å²) in [6, 6.07) is 8.32. The van der Waals surface area contributed by atoms with E-state index in [-0.39, 0.29) is 17.9 Å². The Bertz CT molecular complexity index is 1050. The van der Waals surface area contributed by atoms with Gasteiger partial charge in [-0.15, -0.1) is 0 Å². The number of aromatic nitrogens is 2. The summed E-state index contributed by atoms with van der Waals surface area (Å²) in [5, 5.41) is 9.56. The van der Waals surface area contributed by atoms with E-state index in [9.17, 15) is 13.6 Å². The molecule has 0 bridgehead atoms. The minimum atomic E-state index is -0.717. The maximum Gasteiger partial charge on any atom is 0.254 e. The Balaban J connectivity index is 0.000000437. The topological polar surface area (TPSA) is 101 Å². The average molecular weight is 535 g/mol. The van der Waals surface area contributed by atoms with Crippen LogP contribution >= 0.6 is 15.9 Å². The van der Waals surface area contributed by atoms with Crippen LogP contribution in [0, 0.1) is 11.6 Å².